The molecule has 3 aromatic rings. The number of fused-ring (bicyclic) bond motifs is 1. The first-order valence-corrected chi connectivity index (χ1v) is 9.43. The number of hydrogen-bond donors (Lipinski definition) is 2. The number of pyridine rings is 1. The molecule has 0 bridgehead atoms. The zero-order valence-electron chi connectivity index (χ0n) is 15.8. The van der Waals surface area contributed by atoms with E-state index in [0.29, 0.717) is 0 Å². The molecular weight excluding hydrogens is 354 g/mol. The minimum atomic E-state index is -0.486. The van der Waals surface area contributed by atoms with E-state index in [9.17, 15) is 4.79 Å². The van der Waals surface area contributed by atoms with E-state index in [4.69, 9.17) is 15.2 Å². The Hall–Kier alpha value is -3.28. The molecule has 2 heterocycles. The first kappa shape index (κ1) is 18.1. The van der Waals surface area contributed by atoms with E-state index in [-0.39, 0.29) is 6.10 Å². The number of rotatable bonds is 6. The minimum absolute atomic E-state index is 0.274. The highest BCUT2D eigenvalue weighted by molar-refractivity contribution is 5.95. The van der Waals surface area contributed by atoms with Crippen LogP contribution in [-0.4, -0.2) is 29.1 Å². The van der Waals surface area contributed by atoms with Crippen LogP contribution in [-0.2, 0) is 4.79 Å². The molecule has 144 valence electrons. The van der Waals surface area contributed by atoms with E-state index in [1.807, 2.05) is 30.5 Å². The summed E-state index contributed by atoms with van der Waals surface area (Å²) in [6, 6.07) is 7.95. The van der Waals surface area contributed by atoms with Crippen LogP contribution in [0, 0.1) is 0 Å². The summed E-state index contributed by atoms with van der Waals surface area (Å²) in [6.45, 7) is 0. The molecule has 0 spiro atoms. The number of hydrogen-bond acceptors (Lipinski definition) is 4. The minimum Gasteiger partial charge on any atom is -0.497 e. The number of carbonyl (C=O) groups is 1. The quantitative estimate of drug-likeness (QED) is 0.634. The maximum Gasteiger partial charge on any atom is 0.241 e. The molecule has 1 aliphatic rings. The maximum absolute atomic E-state index is 11.1. The van der Waals surface area contributed by atoms with Crippen LogP contribution in [0.5, 0.6) is 11.5 Å². The van der Waals surface area contributed by atoms with Gasteiger partial charge in [0.2, 0.25) is 5.91 Å². The molecule has 1 amide bonds. The Morgan fingerprint density at radius 1 is 1.18 bits per heavy atom. The molecule has 0 saturated heterocycles. The average molecular weight is 377 g/mol. The van der Waals surface area contributed by atoms with E-state index < -0.39 is 5.91 Å². The maximum atomic E-state index is 11.1. The van der Waals surface area contributed by atoms with Gasteiger partial charge < -0.3 is 20.2 Å². The first-order valence-electron chi connectivity index (χ1n) is 9.43. The van der Waals surface area contributed by atoms with Crippen LogP contribution in [0.4, 0.5) is 0 Å². The number of nitrogens with one attached hydrogen (secondary N) is 1. The van der Waals surface area contributed by atoms with Crippen molar-refractivity contribution >= 4 is 23.0 Å². The summed E-state index contributed by atoms with van der Waals surface area (Å²) in [5, 5.41) is 0.913. The van der Waals surface area contributed by atoms with Crippen LogP contribution in [0.2, 0.25) is 0 Å². The fraction of sp³-hybridized carbons (Fsp3) is 0.273. The second-order valence-corrected chi connectivity index (χ2v) is 7.02. The Morgan fingerprint density at radius 3 is 2.71 bits per heavy atom. The third-order valence-corrected chi connectivity index (χ3v) is 5.04. The van der Waals surface area contributed by atoms with Crippen molar-refractivity contribution in [3.63, 3.8) is 0 Å². The van der Waals surface area contributed by atoms with Gasteiger partial charge in [-0.1, -0.05) is 0 Å². The zero-order valence-corrected chi connectivity index (χ0v) is 15.8. The summed E-state index contributed by atoms with van der Waals surface area (Å²) >= 11 is 0. The van der Waals surface area contributed by atoms with Crippen LogP contribution >= 0.6 is 0 Å². The van der Waals surface area contributed by atoms with Crippen molar-refractivity contribution in [3.8, 4) is 22.6 Å². The summed E-state index contributed by atoms with van der Waals surface area (Å²) in [5.74, 6) is 1.07. The van der Waals surface area contributed by atoms with Crippen molar-refractivity contribution in [1.82, 2.24) is 9.97 Å². The molecule has 0 aliphatic heterocycles. The van der Waals surface area contributed by atoms with E-state index in [1.54, 1.807) is 19.4 Å². The molecule has 3 N–H and O–H groups in total. The number of aromatic nitrogens is 2. The van der Waals surface area contributed by atoms with Gasteiger partial charge in [-0.05, 0) is 55.5 Å². The molecule has 2 aromatic heterocycles. The number of primary amides is 1. The van der Waals surface area contributed by atoms with Gasteiger partial charge in [0.05, 0.1) is 13.2 Å². The highest BCUT2D eigenvalue weighted by Gasteiger charge is 2.17. The Balaban J connectivity index is 1.71. The van der Waals surface area contributed by atoms with Crippen LogP contribution in [0.3, 0.4) is 0 Å². The summed E-state index contributed by atoms with van der Waals surface area (Å²) < 4.78 is 11.6. The number of nitrogens with zero attached hydrogens (tertiary/aromatic N) is 1. The average Bonchev–Trinajstić information content (AvgIpc) is 3.35. The molecule has 0 radical (unpaired) electrons. The van der Waals surface area contributed by atoms with E-state index in [2.05, 4.69) is 9.97 Å². The highest BCUT2D eigenvalue weighted by atomic mass is 16.5. The number of ether oxygens (including phenoxy) is 2. The van der Waals surface area contributed by atoms with E-state index in [0.717, 1.165) is 52.1 Å². The fourth-order valence-corrected chi connectivity index (χ4v) is 3.61. The largest absolute Gasteiger partial charge is 0.497 e. The molecule has 4 rings (SSSR count). The number of H-pyrrole nitrogens is 1. The molecule has 0 unspecified atom stereocenters. The molecule has 1 saturated carbocycles. The summed E-state index contributed by atoms with van der Waals surface area (Å²) in [4.78, 5) is 18.7. The topological polar surface area (TPSA) is 90.2 Å². The lowest BCUT2D eigenvalue weighted by molar-refractivity contribution is -0.113. The normalized spacial score (nSPS) is 14.8. The lowest BCUT2D eigenvalue weighted by Gasteiger charge is -2.15. The number of nitrogens with two attached hydrogens (primary N) is 1. The summed E-state index contributed by atoms with van der Waals surface area (Å²) in [6.07, 6.45) is 11.6. The molecule has 0 atom stereocenters. The molecule has 1 aliphatic carbocycles. The Bertz CT molecular complexity index is 1030. The molecule has 1 aromatic carbocycles. The SMILES string of the molecule is COc1cc(OC2CCCC2)cc(-c2cnc3[nH]cc(C=CC(N)=O)c3c2)c1. The van der Waals surface area contributed by atoms with Crippen molar-refractivity contribution in [1.29, 1.82) is 0 Å². The van der Waals surface area contributed by atoms with Crippen LogP contribution < -0.4 is 15.2 Å². The van der Waals surface area contributed by atoms with Crippen LogP contribution in [0.25, 0.3) is 28.2 Å². The third-order valence-electron chi connectivity index (χ3n) is 5.04. The number of benzene rings is 1. The summed E-state index contributed by atoms with van der Waals surface area (Å²) in [5.41, 5.74) is 8.72. The molecule has 28 heavy (non-hydrogen) atoms. The van der Waals surface area contributed by atoms with Gasteiger partial charge in [0, 0.05) is 41.0 Å². The fourth-order valence-electron chi connectivity index (χ4n) is 3.61. The van der Waals surface area contributed by atoms with Gasteiger partial charge in [0.15, 0.2) is 0 Å². The van der Waals surface area contributed by atoms with Crippen molar-refractivity contribution in [2.45, 2.75) is 31.8 Å². The predicted octanol–water partition coefficient (Wildman–Crippen LogP) is 4.06. The van der Waals surface area contributed by atoms with Gasteiger partial charge in [-0.15, -0.1) is 0 Å². The molecule has 1 fully saturated rings. The predicted molar refractivity (Wildman–Crippen MR) is 109 cm³/mol. The van der Waals surface area contributed by atoms with Crippen molar-refractivity contribution < 1.29 is 14.3 Å². The monoisotopic (exact) mass is 377 g/mol. The first-order chi connectivity index (χ1) is 13.6. The highest BCUT2D eigenvalue weighted by Crippen LogP contribution is 2.33. The zero-order chi connectivity index (χ0) is 19.5. The van der Waals surface area contributed by atoms with Crippen molar-refractivity contribution in [3.05, 3.63) is 48.3 Å². The second kappa shape index (κ2) is 7.76. The van der Waals surface area contributed by atoms with Crippen molar-refractivity contribution in [2.75, 3.05) is 7.11 Å². The van der Waals surface area contributed by atoms with Gasteiger partial charge in [-0.3, -0.25) is 4.79 Å². The van der Waals surface area contributed by atoms with Gasteiger partial charge >= 0.3 is 0 Å². The molecular formula is C22H23N3O3. The number of methoxy groups -OCH3 is 1. The van der Waals surface area contributed by atoms with Gasteiger partial charge in [0.25, 0.3) is 0 Å². The standard InChI is InChI=1S/C22H23N3O3/c1-27-18-8-15(9-19(11-18)28-17-4-2-3-5-17)16-10-20-14(6-7-21(23)26)12-24-22(20)25-13-16/h6-13,17H,2-5H2,1H3,(H2,23,26)(H,24,25). The van der Waals surface area contributed by atoms with E-state index >= 15 is 0 Å². The molecule has 6 heteroatoms. The Labute approximate surface area is 163 Å². The summed E-state index contributed by atoms with van der Waals surface area (Å²) in [7, 11) is 1.65. The third kappa shape index (κ3) is 3.86. The van der Waals surface area contributed by atoms with Crippen LogP contribution in [0.15, 0.2) is 42.7 Å². The van der Waals surface area contributed by atoms with Gasteiger partial charge in [-0.25, -0.2) is 4.98 Å². The molecule has 6 nitrogen and oxygen atoms in total. The van der Waals surface area contributed by atoms with Crippen molar-refractivity contribution in [2.24, 2.45) is 5.73 Å². The number of amides is 1. The van der Waals surface area contributed by atoms with E-state index in [1.165, 1.54) is 18.9 Å². The number of carbonyl (C=O) groups excluding carboxylic acids is 1. The smallest absolute Gasteiger partial charge is 0.241 e. The lowest BCUT2D eigenvalue weighted by Crippen LogP contribution is -2.10. The van der Waals surface area contributed by atoms with Gasteiger partial charge in [0.1, 0.15) is 17.1 Å². The Kier molecular flexibility index (Phi) is 5.02. The number of aromatic amines is 1. The Morgan fingerprint density at radius 2 is 1.96 bits per heavy atom. The van der Waals surface area contributed by atoms with Gasteiger partial charge in [-0.2, -0.15) is 0 Å². The van der Waals surface area contributed by atoms with Crippen LogP contribution in [0.1, 0.15) is 31.2 Å². The second-order valence-electron chi connectivity index (χ2n) is 7.02. The lowest BCUT2D eigenvalue weighted by atomic mass is 10.0.